The van der Waals surface area contributed by atoms with Crippen LogP contribution in [0.25, 0.3) is 0 Å². The summed E-state index contributed by atoms with van der Waals surface area (Å²) in [5.41, 5.74) is 2.52. The molecule has 0 N–H and O–H groups in total. The number of esters is 1. The van der Waals surface area contributed by atoms with Gasteiger partial charge in [-0.3, -0.25) is 4.79 Å². The van der Waals surface area contributed by atoms with Gasteiger partial charge in [0.25, 0.3) is 0 Å². The van der Waals surface area contributed by atoms with E-state index >= 15 is 0 Å². The Hall–Kier alpha value is -1.04. The lowest BCUT2D eigenvalue weighted by atomic mass is 9.98. The first-order valence-corrected chi connectivity index (χ1v) is 8.78. The number of hydrogen-bond acceptors (Lipinski definition) is 5. The van der Waals surface area contributed by atoms with Crippen molar-refractivity contribution in [3.63, 3.8) is 0 Å². The third kappa shape index (κ3) is 2.45. The smallest absolute Gasteiger partial charge is 0.310 e. The van der Waals surface area contributed by atoms with Crippen LogP contribution in [-0.2, 0) is 19.0 Å². The van der Waals surface area contributed by atoms with Gasteiger partial charge in [0.1, 0.15) is 6.10 Å². The zero-order valence-corrected chi connectivity index (χ0v) is 13.6. The Labute approximate surface area is 134 Å². The van der Waals surface area contributed by atoms with Crippen LogP contribution in [-0.4, -0.2) is 37.1 Å². The van der Waals surface area contributed by atoms with Crippen molar-refractivity contribution in [1.29, 1.82) is 0 Å². The molecule has 1 saturated carbocycles. The van der Waals surface area contributed by atoms with Crippen molar-refractivity contribution in [3.8, 4) is 0 Å². The Morgan fingerprint density at radius 1 is 1.50 bits per heavy atom. The Morgan fingerprint density at radius 2 is 2.32 bits per heavy atom. The van der Waals surface area contributed by atoms with E-state index in [4.69, 9.17) is 14.2 Å². The van der Waals surface area contributed by atoms with Gasteiger partial charge in [0, 0.05) is 16.1 Å². The number of carbonyl (C=O) groups is 1. The number of fused-ring (bicyclic) bond motifs is 3. The molecule has 5 atom stereocenters. The minimum absolute atomic E-state index is 0.0255. The predicted molar refractivity (Wildman–Crippen MR) is 83.1 cm³/mol. The fraction of sp³-hybridized carbons (Fsp3) is 0.588. The molecule has 4 rings (SSSR count). The van der Waals surface area contributed by atoms with Gasteiger partial charge < -0.3 is 14.2 Å². The van der Waals surface area contributed by atoms with Gasteiger partial charge in [0.05, 0.1) is 31.8 Å². The summed E-state index contributed by atoms with van der Waals surface area (Å²) in [5.74, 6) is 0.279. The lowest BCUT2D eigenvalue weighted by Gasteiger charge is -2.18. The van der Waals surface area contributed by atoms with E-state index in [2.05, 4.69) is 25.1 Å². The average Bonchev–Trinajstić information content (AvgIpc) is 3.42. The number of epoxide rings is 1. The van der Waals surface area contributed by atoms with E-state index in [1.165, 1.54) is 16.0 Å². The van der Waals surface area contributed by atoms with E-state index in [0.29, 0.717) is 24.4 Å². The molecule has 1 aromatic rings. The van der Waals surface area contributed by atoms with Crippen LogP contribution in [0.1, 0.15) is 37.0 Å². The summed E-state index contributed by atoms with van der Waals surface area (Å²) < 4.78 is 16.3. The van der Waals surface area contributed by atoms with Gasteiger partial charge in [-0.15, -0.1) is 11.8 Å². The van der Waals surface area contributed by atoms with Crippen LogP contribution >= 0.6 is 11.8 Å². The lowest BCUT2D eigenvalue weighted by Crippen LogP contribution is -2.12. The second-order valence-corrected chi connectivity index (χ2v) is 7.30. The van der Waals surface area contributed by atoms with Gasteiger partial charge >= 0.3 is 5.97 Å². The maximum Gasteiger partial charge on any atom is 0.310 e. The highest BCUT2D eigenvalue weighted by Gasteiger charge is 2.62. The minimum Gasteiger partial charge on any atom is -0.466 e. The molecule has 5 unspecified atom stereocenters. The summed E-state index contributed by atoms with van der Waals surface area (Å²) in [6.45, 7) is 5.85. The van der Waals surface area contributed by atoms with Crippen molar-refractivity contribution in [1.82, 2.24) is 0 Å². The van der Waals surface area contributed by atoms with Crippen LogP contribution in [0.4, 0.5) is 0 Å². The first kappa shape index (κ1) is 14.5. The number of carbonyl (C=O) groups excluding carboxylic acids is 1. The summed E-state index contributed by atoms with van der Waals surface area (Å²) in [4.78, 5) is 13.3. The monoisotopic (exact) mass is 320 g/mol. The van der Waals surface area contributed by atoms with Gasteiger partial charge in [0.2, 0.25) is 0 Å². The zero-order valence-electron chi connectivity index (χ0n) is 12.8. The first-order chi connectivity index (χ1) is 10.7. The molecule has 2 fully saturated rings. The van der Waals surface area contributed by atoms with Crippen LogP contribution in [0.5, 0.6) is 0 Å². The summed E-state index contributed by atoms with van der Waals surface area (Å²) in [6.07, 6.45) is 0.302. The molecule has 0 amide bonds. The molecule has 0 bridgehead atoms. The van der Waals surface area contributed by atoms with Crippen LogP contribution < -0.4 is 0 Å². The standard InChI is InChI=1S/C17H20O4S/c1-3-19-17(18)15-14-13-11(9(2)20-7-10-8-21-10)5-4-6-12(13)22-16(14)15/h4-6,9-10,14-16H,3,7-8H2,1-2H3. The fourth-order valence-corrected chi connectivity index (χ4v) is 4.94. The number of thioether (sulfide) groups is 1. The summed E-state index contributed by atoms with van der Waals surface area (Å²) in [5, 5.41) is 0.356. The third-order valence-electron chi connectivity index (χ3n) is 4.58. The number of hydrogen-bond donors (Lipinski definition) is 0. The molecule has 2 aliphatic heterocycles. The lowest BCUT2D eigenvalue weighted by molar-refractivity contribution is -0.144. The van der Waals surface area contributed by atoms with Crippen LogP contribution in [0, 0.1) is 5.92 Å². The molecule has 2 heterocycles. The first-order valence-electron chi connectivity index (χ1n) is 7.90. The normalized spacial score (nSPS) is 32.1. The molecule has 1 aromatic carbocycles. The highest BCUT2D eigenvalue weighted by molar-refractivity contribution is 8.00. The van der Waals surface area contributed by atoms with E-state index < -0.39 is 0 Å². The van der Waals surface area contributed by atoms with Gasteiger partial charge in [-0.1, -0.05) is 12.1 Å². The van der Waals surface area contributed by atoms with Crippen molar-refractivity contribution < 1.29 is 19.0 Å². The van der Waals surface area contributed by atoms with Gasteiger partial charge in [0.15, 0.2) is 0 Å². The summed E-state index contributed by atoms with van der Waals surface area (Å²) >= 11 is 1.81. The minimum atomic E-state index is -0.0506. The molecule has 1 saturated heterocycles. The SMILES string of the molecule is CCOC(=O)C1C2Sc3cccc(C(C)OCC4CO4)c3C21. The maximum absolute atomic E-state index is 12.0. The maximum atomic E-state index is 12.0. The number of ether oxygens (including phenoxy) is 3. The average molecular weight is 320 g/mol. The molecule has 1 aliphatic carbocycles. The van der Waals surface area contributed by atoms with Crippen LogP contribution in [0.15, 0.2) is 23.1 Å². The van der Waals surface area contributed by atoms with Crippen molar-refractivity contribution in [2.24, 2.45) is 5.92 Å². The van der Waals surface area contributed by atoms with Crippen LogP contribution in [0.3, 0.4) is 0 Å². The van der Waals surface area contributed by atoms with Crippen molar-refractivity contribution in [2.75, 3.05) is 19.8 Å². The highest BCUT2D eigenvalue weighted by atomic mass is 32.2. The molecule has 0 spiro atoms. The second-order valence-electron chi connectivity index (χ2n) is 6.08. The molecule has 4 nitrogen and oxygen atoms in total. The van der Waals surface area contributed by atoms with Gasteiger partial charge in [-0.05, 0) is 31.0 Å². The molecule has 3 aliphatic rings. The Bertz CT molecular complexity index is 598. The topological polar surface area (TPSA) is 48.1 Å². The van der Waals surface area contributed by atoms with Crippen molar-refractivity contribution in [3.05, 3.63) is 29.3 Å². The van der Waals surface area contributed by atoms with E-state index in [-0.39, 0.29) is 24.1 Å². The Balaban J connectivity index is 1.53. The Morgan fingerprint density at radius 3 is 3.05 bits per heavy atom. The molecule has 22 heavy (non-hydrogen) atoms. The van der Waals surface area contributed by atoms with E-state index in [1.807, 2.05) is 18.7 Å². The molecular weight excluding hydrogens is 300 g/mol. The largest absolute Gasteiger partial charge is 0.466 e. The van der Waals surface area contributed by atoms with Crippen molar-refractivity contribution >= 4 is 17.7 Å². The van der Waals surface area contributed by atoms with Gasteiger partial charge in [-0.2, -0.15) is 0 Å². The predicted octanol–water partition coefficient (Wildman–Crippen LogP) is 2.91. The molecule has 5 heteroatoms. The third-order valence-corrected chi connectivity index (χ3v) is 6.05. The van der Waals surface area contributed by atoms with E-state index in [9.17, 15) is 4.79 Å². The Kier molecular flexibility index (Phi) is 3.67. The number of benzene rings is 1. The molecule has 118 valence electrons. The molecular formula is C17H20O4S. The van der Waals surface area contributed by atoms with E-state index in [1.54, 1.807) is 0 Å². The highest BCUT2D eigenvalue weighted by Crippen LogP contribution is 2.66. The fourth-order valence-electron chi connectivity index (χ4n) is 3.32. The quantitative estimate of drug-likeness (QED) is 0.596. The zero-order chi connectivity index (χ0) is 15.3. The van der Waals surface area contributed by atoms with Gasteiger partial charge in [-0.25, -0.2) is 0 Å². The summed E-state index contributed by atoms with van der Waals surface area (Å²) in [6, 6.07) is 6.36. The van der Waals surface area contributed by atoms with Crippen molar-refractivity contribution in [2.45, 2.75) is 42.1 Å². The second kappa shape index (κ2) is 5.55. The van der Waals surface area contributed by atoms with Crippen LogP contribution in [0.2, 0.25) is 0 Å². The van der Waals surface area contributed by atoms with E-state index in [0.717, 1.165) is 6.61 Å². The summed E-state index contributed by atoms with van der Waals surface area (Å²) in [7, 11) is 0. The number of rotatable bonds is 6. The molecule has 0 radical (unpaired) electrons. The molecule has 0 aromatic heterocycles.